The lowest BCUT2D eigenvalue weighted by Crippen LogP contribution is -2.40. The van der Waals surface area contributed by atoms with Gasteiger partial charge < -0.3 is 0 Å². The molecular formula is C17H13ClN4O2. The molecule has 6 nitrogen and oxygen atoms in total. The van der Waals surface area contributed by atoms with Crippen molar-refractivity contribution in [2.75, 3.05) is 9.91 Å². The Balaban J connectivity index is 1.74. The van der Waals surface area contributed by atoms with Crippen LogP contribution in [0.15, 0.2) is 58.9 Å². The number of aryl methyl sites for hydroxylation is 1. The molecule has 0 radical (unpaired) electrons. The molecule has 0 aromatic heterocycles. The Bertz CT molecular complexity index is 882. The number of anilines is 2. The first kappa shape index (κ1) is 14.8. The zero-order valence-electron chi connectivity index (χ0n) is 12.8. The Kier molecular flexibility index (Phi) is 3.35. The number of nitrogens with zero attached hydrogens (tertiary/aromatic N) is 4. The summed E-state index contributed by atoms with van der Waals surface area (Å²) in [7, 11) is 0. The standard InChI is InChI=1S/C17H13ClN4O2/c1-10-5-2-3-8-13(10)22-15-14(19-20-22)16(23)21(17(15)24)12-7-4-6-11(18)9-12/h2-9,14-15H,1H3/t14-,15-/m0/s1. The minimum atomic E-state index is -0.823. The van der Waals surface area contributed by atoms with Gasteiger partial charge in [-0.05, 0) is 36.8 Å². The molecule has 2 aromatic carbocycles. The van der Waals surface area contributed by atoms with E-state index in [-0.39, 0.29) is 11.8 Å². The maximum atomic E-state index is 12.9. The van der Waals surface area contributed by atoms with Crippen molar-refractivity contribution in [1.29, 1.82) is 0 Å². The normalized spacial score (nSPS) is 22.4. The molecule has 2 aliphatic rings. The number of imide groups is 1. The largest absolute Gasteiger partial charge is 0.271 e. The van der Waals surface area contributed by atoms with E-state index < -0.39 is 12.1 Å². The van der Waals surface area contributed by atoms with Gasteiger partial charge in [-0.3, -0.25) is 9.59 Å². The second-order valence-electron chi connectivity index (χ2n) is 5.72. The smallest absolute Gasteiger partial charge is 0.263 e. The van der Waals surface area contributed by atoms with Crippen LogP contribution in [0.4, 0.5) is 11.4 Å². The lowest BCUT2D eigenvalue weighted by atomic mass is 10.1. The van der Waals surface area contributed by atoms with Crippen LogP contribution in [0.1, 0.15) is 5.56 Å². The first-order chi connectivity index (χ1) is 11.6. The van der Waals surface area contributed by atoms with Gasteiger partial charge in [-0.15, -0.1) is 0 Å². The van der Waals surface area contributed by atoms with Crippen molar-refractivity contribution in [2.45, 2.75) is 19.0 Å². The molecule has 2 atom stereocenters. The number of hydrogen-bond acceptors (Lipinski definition) is 5. The molecule has 1 fully saturated rings. The van der Waals surface area contributed by atoms with Crippen molar-refractivity contribution in [3.05, 3.63) is 59.1 Å². The third-order valence-corrected chi connectivity index (χ3v) is 4.45. The quantitative estimate of drug-likeness (QED) is 0.789. The molecule has 0 N–H and O–H groups in total. The molecule has 0 unspecified atom stereocenters. The molecule has 7 heteroatoms. The van der Waals surface area contributed by atoms with Crippen LogP contribution in [-0.4, -0.2) is 23.9 Å². The molecule has 1 saturated heterocycles. The zero-order valence-corrected chi connectivity index (χ0v) is 13.5. The third kappa shape index (κ3) is 2.11. The Hall–Kier alpha value is -2.73. The number of halogens is 1. The molecule has 2 heterocycles. The first-order valence-corrected chi connectivity index (χ1v) is 7.85. The monoisotopic (exact) mass is 340 g/mol. The topological polar surface area (TPSA) is 65.3 Å². The first-order valence-electron chi connectivity index (χ1n) is 7.47. The van der Waals surface area contributed by atoms with Crippen molar-refractivity contribution in [3.8, 4) is 0 Å². The van der Waals surface area contributed by atoms with E-state index in [2.05, 4.69) is 10.3 Å². The van der Waals surface area contributed by atoms with Crippen LogP contribution in [0, 0.1) is 6.92 Å². The molecule has 0 spiro atoms. The molecule has 120 valence electrons. The van der Waals surface area contributed by atoms with Crippen LogP contribution in [-0.2, 0) is 9.59 Å². The second-order valence-corrected chi connectivity index (χ2v) is 6.15. The van der Waals surface area contributed by atoms with E-state index in [1.165, 1.54) is 5.01 Å². The summed E-state index contributed by atoms with van der Waals surface area (Å²) in [5.41, 5.74) is 2.17. The fourth-order valence-corrected chi connectivity index (χ4v) is 3.23. The lowest BCUT2D eigenvalue weighted by molar-refractivity contribution is -0.121. The van der Waals surface area contributed by atoms with Gasteiger partial charge in [0.1, 0.15) is 0 Å². The maximum Gasteiger partial charge on any atom is 0.263 e. The highest BCUT2D eigenvalue weighted by molar-refractivity contribution is 6.32. The number of amides is 2. The summed E-state index contributed by atoms with van der Waals surface area (Å²) in [5.74, 6) is -0.729. The highest BCUT2D eigenvalue weighted by Gasteiger charge is 2.55. The minimum absolute atomic E-state index is 0.347. The van der Waals surface area contributed by atoms with Crippen molar-refractivity contribution in [1.82, 2.24) is 0 Å². The average Bonchev–Trinajstić information content (AvgIpc) is 3.09. The maximum absolute atomic E-state index is 12.9. The zero-order chi connectivity index (χ0) is 16.8. The SMILES string of the molecule is Cc1ccccc1N1N=N[C@@H]2C(=O)N(c3cccc(Cl)c3)C(=O)[C@H]21. The fourth-order valence-electron chi connectivity index (χ4n) is 3.05. The summed E-state index contributed by atoms with van der Waals surface area (Å²) in [6.45, 7) is 1.92. The van der Waals surface area contributed by atoms with E-state index in [0.717, 1.165) is 16.2 Å². The van der Waals surface area contributed by atoms with E-state index in [4.69, 9.17) is 11.6 Å². The number of carbonyl (C=O) groups is 2. The van der Waals surface area contributed by atoms with E-state index in [1.54, 1.807) is 24.3 Å². The predicted octanol–water partition coefficient (Wildman–Crippen LogP) is 3.15. The molecule has 0 saturated carbocycles. The highest BCUT2D eigenvalue weighted by Crippen LogP contribution is 2.36. The van der Waals surface area contributed by atoms with E-state index in [1.807, 2.05) is 31.2 Å². The van der Waals surface area contributed by atoms with E-state index in [0.29, 0.717) is 10.7 Å². The highest BCUT2D eigenvalue weighted by atomic mass is 35.5. The van der Waals surface area contributed by atoms with E-state index >= 15 is 0 Å². The number of carbonyl (C=O) groups excluding carboxylic acids is 2. The van der Waals surface area contributed by atoms with Crippen molar-refractivity contribution >= 4 is 34.8 Å². The van der Waals surface area contributed by atoms with Gasteiger partial charge >= 0.3 is 0 Å². The van der Waals surface area contributed by atoms with Gasteiger partial charge in [-0.1, -0.05) is 41.1 Å². The van der Waals surface area contributed by atoms with Crippen LogP contribution in [0.5, 0.6) is 0 Å². The molecule has 2 aromatic rings. The van der Waals surface area contributed by atoms with Crippen molar-refractivity contribution in [3.63, 3.8) is 0 Å². The van der Waals surface area contributed by atoms with Crippen molar-refractivity contribution < 1.29 is 9.59 Å². The van der Waals surface area contributed by atoms with Crippen LogP contribution < -0.4 is 9.91 Å². The molecule has 4 rings (SSSR count). The second kappa shape index (κ2) is 5.42. The van der Waals surface area contributed by atoms with Crippen LogP contribution in [0.3, 0.4) is 0 Å². The van der Waals surface area contributed by atoms with Gasteiger partial charge in [0, 0.05) is 5.02 Å². The Morgan fingerprint density at radius 1 is 1.04 bits per heavy atom. The van der Waals surface area contributed by atoms with Gasteiger partial charge in [-0.2, -0.15) is 5.11 Å². The molecule has 24 heavy (non-hydrogen) atoms. The van der Waals surface area contributed by atoms with Gasteiger partial charge in [0.15, 0.2) is 12.1 Å². The minimum Gasteiger partial charge on any atom is -0.271 e. The molecule has 0 bridgehead atoms. The Morgan fingerprint density at radius 2 is 1.83 bits per heavy atom. The lowest BCUT2D eigenvalue weighted by Gasteiger charge is -2.22. The van der Waals surface area contributed by atoms with Gasteiger partial charge in [0.2, 0.25) is 0 Å². The summed E-state index contributed by atoms with van der Waals surface area (Å²) >= 11 is 5.98. The summed E-state index contributed by atoms with van der Waals surface area (Å²) < 4.78 is 0. The number of para-hydroxylation sites is 1. The summed E-state index contributed by atoms with van der Waals surface area (Å²) in [4.78, 5) is 26.7. The molecule has 2 amide bonds. The van der Waals surface area contributed by atoms with Gasteiger partial charge in [-0.25, -0.2) is 9.91 Å². The van der Waals surface area contributed by atoms with Crippen LogP contribution in [0.25, 0.3) is 0 Å². The third-order valence-electron chi connectivity index (χ3n) is 4.21. The predicted molar refractivity (Wildman–Crippen MR) is 90.0 cm³/mol. The number of hydrogen-bond donors (Lipinski definition) is 0. The van der Waals surface area contributed by atoms with Crippen molar-refractivity contribution in [2.24, 2.45) is 10.3 Å². The number of fused-ring (bicyclic) bond motifs is 1. The molecule has 2 aliphatic heterocycles. The number of rotatable bonds is 2. The Labute approximate surface area is 143 Å². The van der Waals surface area contributed by atoms with E-state index in [9.17, 15) is 9.59 Å². The summed E-state index contributed by atoms with van der Waals surface area (Å²) in [6, 6.07) is 12.6. The van der Waals surface area contributed by atoms with Gasteiger partial charge in [0.25, 0.3) is 11.8 Å². The average molecular weight is 341 g/mol. The number of benzene rings is 2. The van der Waals surface area contributed by atoms with Crippen LogP contribution >= 0.6 is 11.6 Å². The molecular weight excluding hydrogens is 328 g/mol. The summed E-state index contributed by atoms with van der Waals surface area (Å²) in [5, 5.41) is 10.1. The van der Waals surface area contributed by atoms with Gasteiger partial charge in [0.05, 0.1) is 11.4 Å². The molecule has 0 aliphatic carbocycles. The van der Waals surface area contributed by atoms with Crippen LogP contribution in [0.2, 0.25) is 5.02 Å². The summed E-state index contributed by atoms with van der Waals surface area (Å²) in [6.07, 6.45) is 0. The fraction of sp³-hybridized carbons (Fsp3) is 0.176. The Morgan fingerprint density at radius 3 is 2.58 bits per heavy atom.